The van der Waals surface area contributed by atoms with Crippen LogP contribution in [0, 0.1) is 11.3 Å². The molecule has 2 saturated heterocycles. The van der Waals surface area contributed by atoms with Gasteiger partial charge in [-0.15, -0.1) is 0 Å². The van der Waals surface area contributed by atoms with Gasteiger partial charge in [-0.25, -0.2) is 0 Å². The molecule has 2 aliphatic heterocycles. The zero-order valence-corrected chi connectivity index (χ0v) is 51.4. The Morgan fingerprint density at radius 1 is 0.632 bits per heavy atom. The Hall–Kier alpha value is -6.29. The third-order valence-electron chi connectivity index (χ3n) is 14.0. The van der Waals surface area contributed by atoms with Crippen LogP contribution in [0.4, 0.5) is 0 Å². The van der Waals surface area contributed by atoms with Crippen LogP contribution < -0.4 is 87.2 Å². The standard InChI is InChI=1S/C54H95N16O16P/c1-29(2)24-39-50(80)64-34(13-19-56)44(74)63-37(16-22-59)49(79)69-42(30(3)71)52(82)60-23-17-38(47(77)62-35(14-20-57)46(76)68-40(51(81)67-39)25-32-10-8-7-9-11-32)65-45(75)36(15-21-58)66-53(83)43(31(4)72)70-48(78)33(12-18-55)61-41(73)26-87(84)85-27-54(5,6)28-86-87/h7-11,29-31,33-40,42-43,52,60,71-72,82H,12-28,55-59H2,1-6H3,(H,61,73)(H,62,77)(H,63,74)(H,64,80)(H,65,75)(H,66,83)(H,67,81)(H,68,76)(H,69,79)(H,70,78)/t30-,31?,33-,34-,35-,36-,37-,38-,39-,40+,42-,43-,52?/m0/s1. The van der Waals surface area contributed by atoms with E-state index in [2.05, 4.69) is 58.5 Å². The van der Waals surface area contributed by atoms with Gasteiger partial charge in [0.25, 0.3) is 0 Å². The third kappa shape index (κ3) is 25.4. The van der Waals surface area contributed by atoms with Gasteiger partial charge in [0.1, 0.15) is 66.8 Å². The number of hydrogen-bond acceptors (Lipinski definition) is 22. The first-order valence-corrected chi connectivity index (χ1v) is 31.0. The number of rotatable bonds is 25. The number of nitrogens with two attached hydrogens (primary N) is 5. The summed E-state index contributed by atoms with van der Waals surface area (Å²) in [6, 6.07) is -6.48. The average Bonchev–Trinajstić information content (AvgIpc) is 3.46. The number of amides is 10. The summed E-state index contributed by atoms with van der Waals surface area (Å²) in [5.74, 6) is -9.68. The van der Waals surface area contributed by atoms with Gasteiger partial charge >= 0.3 is 7.60 Å². The average molecular weight is 1260 g/mol. The second-order valence-electron chi connectivity index (χ2n) is 22.9. The normalized spacial score (nSPS) is 25.5. The van der Waals surface area contributed by atoms with E-state index < -0.39 is 170 Å². The molecular weight excluding hydrogens is 1160 g/mol. The molecule has 0 radical (unpaired) electrons. The van der Waals surface area contributed by atoms with E-state index in [0.717, 1.165) is 6.92 Å². The lowest BCUT2D eigenvalue weighted by Crippen LogP contribution is -2.62. The minimum atomic E-state index is -3.89. The molecule has 87 heavy (non-hydrogen) atoms. The van der Waals surface area contributed by atoms with Crippen molar-refractivity contribution in [3.63, 3.8) is 0 Å². The lowest BCUT2D eigenvalue weighted by molar-refractivity contribution is -0.137. The molecule has 24 N–H and O–H groups in total. The smallest absolute Gasteiger partial charge is 0.340 e. The van der Waals surface area contributed by atoms with Gasteiger partial charge in [-0.3, -0.25) is 57.8 Å². The van der Waals surface area contributed by atoms with Crippen LogP contribution in [-0.4, -0.2) is 212 Å². The van der Waals surface area contributed by atoms with Crippen LogP contribution in [0.25, 0.3) is 0 Å². The molecule has 0 aromatic heterocycles. The summed E-state index contributed by atoms with van der Waals surface area (Å²) in [4.78, 5) is 140. The second-order valence-corrected chi connectivity index (χ2v) is 25.0. The Morgan fingerprint density at radius 3 is 1.60 bits per heavy atom. The van der Waals surface area contributed by atoms with Gasteiger partial charge in [-0.1, -0.05) is 58.0 Å². The molecule has 2 heterocycles. The Kier molecular flexibility index (Phi) is 31.8. The SMILES string of the molecule is CC(C)C[C@@H]1NC(=O)[C@@H](Cc2ccccc2)NC(=O)[C@H](CCN)NC(=O)[C@@H](NC(=O)[C@H](CCN)NC(=O)[C@@H](NC(=O)[C@H](CCN)NC(=O)CP2(=O)OCC(C)(C)CO2)C(C)O)CCNC(O)[C@H]([C@H](C)O)NC(=O)[C@H](CCN)NC(=O)[C@H](CCN)NC1=O. The van der Waals surface area contributed by atoms with E-state index in [9.17, 15) is 67.8 Å². The molecule has 10 amide bonds. The highest BCUT2D eigenvalue weighted by molar-refractivity contribution is 7.54. The first-order chi connectivity index (χ1) is 41.0. The van der Waals surface area contributed by atoms with Gasteiger partial charge in [0, 0.05) is 18.4 Å². The summed E-state index contributed by atoms with van der Waals surface area (Å²) in [6.45, 7) is 8.39. The van der Waals surface area contributed by atoms with Gasteiger partial charge in [0.15, 0.2) is 0 Å². The van der Waals surface area contributed by atoms with Crippen molar-refractivity contribution >= 4 is 66.7 Å². The van der Waals surface area contributed by atoms with Crippen LogP contribution in [-0.2, 0) is 68.0 Å². The minimum absolute atomic E-state index is 0.0380. The highest BCUT2D eigenvalue weighted by atomic mass is 31.2. The molecule has 2 aliphatic rings. The molecule has 0 bridgehead atoms. The fourth-order valence-electron chi connectivity index (χ4n) is 9.13. The molecule has 0 saturated carbocycles. The molecule has 492 valence electrons. The zero-order valence-electron chi connectivity index (χ0n) is 50.5. The largest absolute Gasteiger partial charge is 0.391 e. The Morgan fingerprint density at radius 2 is 1.10 bits per heavy atom. The predicted octanol–water partition coefficient (Wildman–Crippen LogP) is -6.79. The zero-order chi connectivity index (χ0) is 65.2. The van der Waals surface area contributed by atoms with E-state index in [-0.39, 0.29) is 96.8 Å². The van der Waals surface area contributed by atoms with Crippen molar-refractivity contribution in [3.05, 3.63) is 35.9 Å². The Labute approximate surface area is 506 Å². The van der Waals surface area contributed by atoms with Crippen LogP contribution in [0.15, 0.2) is 30.3 Å². The number of nitrogens with one attached hydrogen (secondary N) is 11. The van der Waals surface area contributed by atoms with Crippen LogP contribution in [0.3, 0.4) is 0 Å². The molecule has 13 atom stereocenters. The number of aliphatic hydroxyl groups is 3. The fourth-order valence-corrected chi connectivity index (χ4v) is 10.9. The van der Waals surface area contributed by atoms with Gasteiger partial charge in [0.2, 0.25) is 59.1 Å². The van der Waals surface area contributed by atoms with Crippen molar-refractivity contribution in [2.45, 2.75) is 172 Å². The molecular formula is C54H95N16O16P. The summed E-state index contributed by atoms with van der Waals surface area (Å²) in [5.41, 5.74) is 29.4. The van der Waals surface area contributed by atoms with Crippen LogP contribution in [0.1, 0.15) is 92.1 Å². The molecule has 1 aromatic carbocycles. The molecule has 0 spiro atoms. The van der Waals surface area contributed by atoms with Crippen LogP contribution in [0.5, 0.6) is 0 Å². The van der Waals surface area contributed by atoms with Gasteiger partial charge in [-0.2, -0.15) is 0 Å². The molecule has 32 nitrogen and oxygen atoms in total. The first kappa shape index (κ1) is 75.0. The first-order valence-electron chi connectivity index (χ1n) is 29.2. The van der Waals surface area contributed by atoms with Gasteiger partial charge < -0.3 is 106 Å². The van der Waals surface area contributed by atoms with Crippen molar-refractivity contribution in [3.8, 4) is 0 Å². The minimum Gasteiger partial charge on any atom is -0.391 e. The molecule has 33 heteroatoms. The van der Waals surface area contributed by atoms with Gasteiger partial charge in [0.05, 0.1) is 31.5 Å². The lowest BCUT2D eigenvalue weighted by Gasteiger charge is -2.33. The summed E-state index contributed by atoms with van der Waals surface area (Å²) < 4.78 is 23.9. The maximum atomic E-state index is 14.6. The monoisotopic (exact) mass is 1250 g/mol. The Balaban J connectivity index is 2.06. The lowest BCUT2D eigenvalue weighted by atomic mass is 9.97. The summed E-state index contributed by atoms with van der Waals surface area (Å²) in [6.07, 6.45) is -7.23. The molecule has 3 rings (SSSR count). The van der Waals surface area contributed by atoms with Crippen molar-refractivity contribution in [1.29, 1.82) is 0 Å². The molecule has 2 unspecified atom stereocenters. The number of benzene rings is 1. The maximum Gasteiger partial charge on any atom is 0.340 e. The van der Waals surface area contributed by atoms with Crippen molar-refractivity contribution < 1.29 is 76.9 Å². The van der Waals surface area contributed by atoms with E-state index in [1.54, 1.807) is 44.2 Å². The summed E-state index contributed by atoms with van der Waals surface area (Å²) >= 11 is 0. The van der Waals surface area contributed by atoms with Crippen LogP contribution >= 0.6 is 7.60 Å². The maximum absolute atomic E-state index is 14.6. The number of aliphatic hydroxyl groups excluding tert-OH is 3. The Bertz CT molecular complexity index is 2480. The second kappa shape index (κ2) is 36.9. The highest BCUT2D eigenvalue weighted by Crippen LogP contribution is 2.53. The quantitative estimate of drug-likeness (QED) is 0.0405. The van der Waals surface area contributed by atoms with E-state index in [1.807, 2.05) is 13.8 Å². The van der Waals surface area contributed by atoms with Crippen molar-refractivity contribution in [1.82, 2.24) is 58.5 Å². The number of carbonyl (C=O) groups is 10. The molecule has 2 fully saturated rings. The summed E-state index contributed by atoms with van der Waals surface area (Å²) in [7, 11) is -3.89. The summed E-state index contributed by atoms with van der Waals surface area (Å²) in [5, 5.41) is 61.1. The van der Waals surface area contributed by atoms with E-state index in [0.29, 0.717) is 5.56 Å². The fraction of sp³-hybridized carbons (Fsp3) is 0.704. The molecule has 0 aliphatic carbocycles. The van der Waals surface area contributed by atoms with E-state index >= 15 is 0 Å². The van der Waals surface area contributed by atoms with Crippen molar-refractivity contribution in [2.24, 2.45) is 40.0 Å². The molecule has 1 aromatic rings. The van der Waals surface area contributed by atoms with E-state index in [1.165, 1.54) is 6.92 Å². The number of hydrogen-bond donors (Lipinski definition) is 19. The van der Waals surface area contributed by atoms with Crippen molar-refractivity contribution in [2.75, 3.05) is 58.6 Å². The predicted molar refractivity (Wildman–Crippen MR) is 317 cm³/mol. The van der Waals surface area contributed by atoms with Gasteiger partial charge in [-0.05, 0) is 103 Å². The third-order valence-corrected chi connectivity index (χ3v) is 15.7. The van der Waals surface area contributed by atoms with Crippen LogP contribution in [0.2, 0.25) is 0 Å². The van der Waals surface area contributed by atoms with E-state index in [4.69, 9.17) is 37.7 Å². The topological polar surface area (TPSA) is 529 Å². The highest BCUT2D eigenvalue weighted by Gasteiger charge is 2.41. The number of carbonyl (C=O) groups excluding carboxylic acids is 10.